The van der Waals surface area contributed by atoms with Gasteiger partial charge in [-0.1, -0.05) is 48.5 Å². The van der Waals surface area contributed by atoms with Gasteiger partial charge in [0.2, 0.25) is 15.9 Å². The van der Waals surface area contributed by atoms with Crippen LogP contribution < -0.4 is 0 Å². The summed E-state index contributed by atoms with van der Waals surface area (Å²) in [6.07, 6.45) is 1.60. The number of fused-ring (bicyclic) bond motifs is 2. The summed E-state index contributed by atoms with van der Waals surface area (Å²) in [7, 11) is -3.43. The number of carbonyl (C=O) groups excluding carboxylic acids is 1. The summed E-state index contributed by atoms with van der Waals surface area (Å²) in [5.74, 6) is -0.197. The van der Waals surface area contributed by atoms with Gasteiger partial charge in [-0.2, -0.15) is 4.31 Å². The van der Waals surface area contributed by atoms with Crippen molar-refractivity contribution in [1.29, 1.82) is 0 Å². The summed E-state index contributed by atoms with van der Waals surface area (Å²) in [5.41, 5.74) is 4.71. The fourth-order valence-electron chi connectivity index (χ4n) is 3.92. The van der Waals surface area contributed by atoms with Crippen molar-refractivity contribution in [2.24, 2.45) is 0 Å². The number of hydrogen-bond donors (Lipinski definition) is 0. The van der Waals surface area contributed by atoms with Crippen molar-refractivity contribution in [3.05, 3.63) is 70.8 Å². The molecule has 0 unspecified atom stereocenters. The third kappa shape index (κ3) is 3.92. The number of benzene rings is 2. The second kappa shape index (κ2) is 7.44. The minimum Gasteiger partial charge on any atom is -0.338 e. The monoisotopic (exact) mass is 384 g/mol. The summed E-state index contributed by atoms with van der Waals surface area (Å²) >= 11 is 0. The number of rotatable bonds is 4. The van der Waals surface area contributed by atoms with Crippen molar-refractivity contribution in [1.82, 2.24) is 9.21 Å². The Balaban J connectivity index is 1.36. The van der Waals surface area contributed by atoms with Crippen LogP contribution >= 0.6 is 0 Å². The number of amides is 1. The first-order chi connectivity index (χ1) is 13.0. The first kappa shape index (κ1) is 18.2. The zero-order valence-corrected chi connectivity index (χ0v) is 16.1. The van der Waals surface area contributed by atoms with E-state index in [1.165, 1.54) is 15.4 Å². The molecule has 0 aliphatic carbocycles. The van der Waals surface area contributed by atoms with Gasteiger partial charge in [-0.3, -0.25) is 4.79 Å². The van der Waals surface area contributed by atoms with Crippen LogP contribution in [0, 0.1) is 0 Å². The Labute approximate surface area is 160 Å². The largest absolute Gasteiger partial charge is 0.338 e. The fourth-order valence-corrected chi connectivity index (χ4v) is 5.32. The Morgan fingerprint density at radius 2 is 1.37 bits per heavy atom. The van der Waals surface area contributed by atoms with Gasteiger partial charge in [0, 0.05) is 32.6 Å². The lowest BCUT2D eigenvalue weighted by molar-refractivity contribution is -0.131. The molecule has 2 aromatic carbocycles. The lowest BCUT2D eigenvalue weighted by atomic mass is 10.00. The van der Waals surface area contributed by atoms with E-state index in [2.05, 4.69) is 12.1 Å². The topological polar surface area (TPSA) is 57.7 Å². The highest BCUT2D eigenvalue weighted by Crippen LogP contribution is 2.22. The maximum Gasteiger partial charge on any atom is 0.223 e. The number of nitrogens with zero attached hydrogens (tertiary/aromatic N) is 2. The van der Waals surface area contributed by atoms with Gasteiger partial charge >= 0.3 is 0 Å². The van der Waals surface area contributed by atoms with Gasteiger partial charge in [0.25, 0.3) is 0 Å². The van der Waals surface area contributed by atoms with Gasteiger partial charge < -0.3 is 4.90 Å². The molecular formula is C21H24N2O3S. The van der Waals surface area contributed by atoms with Crippen LogP contribution in [0.2, 0.25) is 0 Å². The maximum absolute atomic E-state index is 12.7. The summed E-state index contributed by atoms with van der Waals surface area (Å²) in [5, 5.41) is 0. The Bertz CT molecular complexity index is 955. The third-order valence-corrected chi connectivity index (χ3v) is 7.36. The second-order valence-electron chi connectivity index (χ2n) is 7.25. The zero-order chi connectivity index (χ0) is 18.9. The van der Waals surface area contributed by atoms with Crippen molar-refractivity contribution in [2.75, 3.05) is 18.8 Å². The van der Waals surface area contributed by atoms with Crippen molar-refractivity contribution >= 4 is 15.9 Å². The van der Waals surface area contributed by atoms with E-state index >= 15 is 0 Å². The number of carbonyl (C=O) groups is 1. The number of hydrogen-bond acceptors (Lipinski definition) is 3. The van der Waals surface area contributed by atoms with Gasteiger partial charge in [0.05, 0.1) is 5.75 Å². The average molecular weight is 385 g/mol. The molecular weight excluding hydrogens is 360 g/mol. The summed E-state index contributed by atoms with van der Waals surface area (Å²) < 4.78 is 27.0. The lowest BCUT2D eigenvalue weighted by Gasteiger charge is -2.30. The second-order valence-corrected chi connectivity index (χ2v) is 9.34. The molecule has 0 N–H and O–H groups in total. The molecule has 2 aromatic rings. The quantitative estimate of drug-likeness (QED) is 0.813. The highest BCUT2D eigenvalue weighted by atomic mass is 32.2. The fraction of sp³-hybridized carbons (Fsp3) is 0.381. The molecule has 0 saturated carbocycles. The Morgan fingerprint density at radius 3 is 2.04 bits per heavy atom. The molecule has 0 radical (unpaired) electrons. The minimum atomic E-state index is -3.43. The molecule has 1 amide bonds. The Hall–Kier alpha value is -2.18. The molecule has 2 aliphatic rings. The molecule has 2 aliphatic heterocycles. The molecule has 0 saturated heterocycles. The summed E-state index contributed by atoms with van der Waals surface area (Å²) in [6.45, 7) is 2.13. The first-order valence-electron chi connectivity index (χ1n) is 9.42. The van der Waals surface area contributed by atoms with Crippen LogP contribution in [-0.2, 0) is 40.7 Å². The van der Waals surface area contributed by atoms with Crippen LogP contribution in [-0.4, -0.2) is 42.4 Å². The minimum absolute atomic E-state index is 0.0443. The molecule has 0 atom stereocenters. The van der Waals surface area contributed by atoms with E-state index in [9.17, 15) is 13.2 Å². The van der Waals surface area contributed by atoms with Gasteiger partial charge in [0.1, 0.15) is 0 Å². The first-order valence-corrected chi connectivity index (χ1v) is 11.0. The molecule has 4 rings (SSSR count). The van der Waals surface area contributed by atoms with Gasteiger partial charge in [-0.25, -0.2) is 8.42 Å². The summed E-state index contributed by atoms with van der Waals surface area (Å²) in [4.78, 5) is 14.4. The van der Waals surface area contributed by atoms with Crippen molar-refractivity contribution in [3.63, 3.8) is 0 Å². The van der Waals surface area contributed by atoms with Gasteiger partial charge in [0.15, 0.2) is 0 Å². The Morgan fingerprint density at radius 1 is 0.815 bits per heavy atom. The molecule has 2 heterocycles. The number of sulfonamides is 1. The van der Waals surface area contributed by atoms with E-state index in [0.717, 1.165) is 24.0 Å². The average Bonchev–Trinajstić information content (AvgIpc) is 2.71. The molecule has 0 fully saturated rings. The van der Waals surface area contributed by atoms with Crippen LogP contribution in [0.1, 0.15) is 28.7 Å². The standard InChI is InChI=1S/C21H24N2O3S/c24-21(22-12-9-17-5-1-3-7-19(17)15-22)11-14-27(25,26)23-13-10-18-6-2-4-8-20(18)16-23/h1-8H,9-16H2. The molecule has 0 bridgehead atoms. The normalized spacial score (nSPS) is 17.3. The van der Waals surface area contributed by atoms with Crippen LogP contribution in [0.5, 0.6) is 0 Å². The van der Waals surface area contributed by atoms with Crippen molar-refractivity contribution < 1.29 is 13.2 Å². The maximum atomic E-state index is 12.7. The summed E-state index contributed by atoms with van der Waals surface area (Å²) in [6, 6.07) is 16.1. The predicted octanol–water partition coefficient (Wildman–Crippen LogP) is 2.35. The third-order valence-electron chi connectivity index (χ3n) is 5.55. The van der Waals surface area contributed by atoms with Crippen LogP contribution in [0.4, 0.5) is 0 Å². The predicted molar refractivity (Wildman–Crippen MR) is 105 cm³/mol. The van der Waals surface area contributed by atoms with Gasteiger partial charge in [-0.05, 0) is 35.1 Å². The van der Waals surface area contributed by atoms with Gasteiger partial charge in [-0.15, -0.1) is 0 Å². The Kier molecular flexibility index (Phi) is 5.02. The lowest BCUT2D eigenvalue weighted by Crippen LogP contribution is -2.40. The molecule has 0 aromatic heterocycles. The van der Waals surface area contributed by atoms with Crippen LogP contribution in [0.25, 0.3) is 0 Å². The van der Waals surface area contributed by atoms with E-state index in [4.69, 9.17) is 0 Å². The molecule has 0 spiro atoms. The van der Waals surface area contributed by atoms with Crippen LogP contribution in [0.3, 0.4) is 0 Å². The van der Waals surface area contributed by atoms with E-state index in [0.29, 0.717) is 26.2 Å². The highest BCUT2D eigenvalue weighted by Gasteiger charge is 2.28. The van der Waals surface area contributed by atoms with E-state index < -0.39 is 10.0 Å². The molecule has 5 nitrogen and oxygen atoms in total. The molecule has 6 heteroatoms. The smallest absolute Gasteiger partial charge is 0.223 e. The van der Waals surface area contributed by atoms with E-state index in [-0.39, 0.29) is 18.1 Å². The zero-order valence-electron chi connectivity index (χ0n) is 15.3. The molecule has 142 valence electrons. The van der Waals surface area contributed by atoms with E-state index in [1.807, 2.05) is 36.4 Å². The van der Waals surface area contributed by atoms with Crippen molar-refractivity contribution in [2.45, 2.75) is 32.4 Å². The SMILES string of the molecule is O=C(CCS(=O)(=O)N1CCc2ccccc2C1)N1CCc2ccccc2C1. The van der Waals surface area contributed by atoms with Crippen molar-refractivity contribution in [3.8, 4) is 0 Å². The van der Waals surface area contributed by atoms with E-state index in [1.54, 1.807) is 4.90 Å². The molecule has 27 heavy (non-hydrogen) atoms. The highest BCUT2D eigenvalue weighted by molar-refractivity contribution is 7.89. The van der Waals surface area contributed by atoms with Crippen LogP contribution in [0.15, 0.2) is 48.5 Å².